The minimum absolute atomic E-state index is 0.0346. The standard InChI is InChI=1S/C9H19N3O3/c1-3-12(2)9(14)6-11-4-5-15-7-8(10)13/h11H,3-7H2,1-2H3,(H2,10,13). The molecule has 0 unspecified atom stereocenters. The lowest BCUT2D eigenvalue weighted by Crippen LogP contribution is -2.36. The maximum absolute atomic E-state index is 11.3. The summed E-state index contributed by atoms with van der Waals surface area (Å²) in [5.41, 5.74) is 4.87. The van der Waals surface area contributed by atoms with Crippen molar-refractivity contribution in [2.45, 2.75) is 6.92 Å². The first kappa shape index (κ1) is 13.9. The molecule has 0 fully saturated rings. The average molecular weight is 217 g/mol. The number of carbonyl (C=O) groups excluding carboxylic acids is 2. The fraction of sp³-hybridized carbons (Fsp3) is 0.778. The Kier molecular flexibility index (Phi) is 7.57. The molecule has 15 heavy (non-hydrogen) atoms. The van der Waals surface area contributed by atoms with Crippen molar-refractivity contribution < 1.29 is 14.3 Å². The van der Waals surface area contributed by atoms with E-state index in [2.05, 4.69) is 5.32 Å². The highest BCUT2D eigenvalue weighted by molar-refractivity contribution is 5.77. The van der Waals surface area contributed by atoms with Gasteiger partial charge in [0.15, 0.2) is 0 Å². The van der Waals surface area contributed by atoms with Gasteiger partial charge in [-0.25, -0.2) is 0 Å². The van der Waals surface area contributed by atoms with Crippen molar-refractivity contribution in [1.82, 2.24) is 10.2 Å². The van der Waals surface area contributed by atoms with E-state index in [1.807, 2.05) is 6.92 Å². The Balaban J connectivity index is 3.31. The molecular weight excluding hydrogens is 198 g/mol. The van der Waals surface area contributed by atoms with Gasteiger partial charge in [0.25, 0.3) is 0 Å². The first-order valence-electron chi connectivity index (χ1n) is 4.88. The topological polar surface area (TPSA) is 84.7 Å². The summed E-state index contributed by atoms with van der Waals surface area (Å²) in [5, 5.41) is 2.91. The molecule has 0 bridgehead atoms. The molecule has 0 radical (unpaired) electrons. The number of hydrogen-bond donors (Lipinski definition) is 2. The van der Waals surface area contributed by atoms with Gasteiger partial charge in [0.2, 0.25) is 11.8 Å². The van der Waals surface area contributed by atoms with E-state index in [1.54, 1.807) is 11.9 Å². The smallest absolute Gasteiger partial charge is 0.243 e. The molecule has 0 aliphatic rings. The summed E-state index contributed by atoms with van der Waals surface area (Å²) < 4.78 is 4.90. The van der Waals surface area contributed by atoms with Gasteiger partial charge in [-0.2, -0.15) is 0 Å². The number of amides is 2. The molecular formula is C9H19N3O3. The van der Waals surface area contributed by atoms with E-state index in [9.17, 15) is 9.59 Å². The minimum Gasteiger partial charge on any atom is -0.370 e. The summed E-state index contributed by atoms with van der Waals surface area (Å²) in [7, 11) is 1.74. The Morgan fingerprint density at radius 3 is 2.67 bits per heavy atom. The van der Waals surface area contributed by atoms with Crippen LogP contribution in [0.5, 0.6) is 0 Å². The third-order valence-corrected chi connectivity index (χ3v) is 1.84. The molecule has 0 saturated heterocycles. The van der Waals surface area contributed by atoms with Gasteiger partial charge in [-0.1, -0.05) is 0 Å². The molecule has 6 heteroatoms. The van der Waals surface area contributed by atoms with E-state index in [0.717, 1.165) is 0 Å². The van der Waals surface area contributed by atoms with Crippen molar-refractivity contribution >= 4 is 11.8 Å². The van der Waals surface area contributed by atoms with Crippen LogP contribution in [0.15, 0.2) is 0 Å². The molecule has 0 aliphatic heterocycles. The second-order valence-corrected chi connectivity index (χ2v) is 3.10. The highest BCUT2D eigenvalue weighted by Crippen LogP contribution is 1.81. The minimum atomic E-state index is -0.489. The van der Waals surface area contributed by atoms with Crippen LogP contribution in [0.2, 0.25) is 0 Å². The van der Waals surface area contributed by atoms with Crippen molar-refractivity contribution in [3.8, 4) is 0 Å². The maximum Gasteiger partial charge on any atom is 0.243 e. The third kappa shape index (κ3) is 7.90. The molecule has 6 nitrogen and oxygen atoms in total. The van der Waals surface area contributed by atoms with Crippen LogP contribution in [0.25, 0.3) is 0 Å². The summed E-state index contributed by atoms with van der Waals surface area (Å²) in [4.78, 5) is 23.2. The molecule has 2 amide bonds. The Hall–Kier alpha value is -1.14. The second kappa shape index (κ2) is 8.19. The second-order valence-electron chi connectivity index (χ2n) is 3.10. The number of nitrogens with two attached hydrogens (primary N) is 1. The quantitative estimate of drug-likeness (QED) is 0.487. The van der Waals surface area contributed by atoms with Gasteiger partial charge >= 0.3 is 0 Å². The van der Waals surface area contributed by atoms with E-state index in [1.165, 1.54) is 0 Å². The monoisotopic (exact) mass is 217 g/mol. The SMILES string of the molecule is CCN(C)C(=O)CNCCOCC(N)=O. The fourth-order valence-corrected chi connectivity index (χ4v) is 0.824. The highest BCUT2D eigenvalue weighted by Gasteiger charge is 2.04. The van der Waals surface area contributed by atoms with Crippen molar-refractivity contribution in [2.24, 2.45) is 5.73 Å². The molecule has 0 aromatic carbocycles. The number of rotatable bonds is 8. The van der Waals surface area contributed by atoms with Crippen LogP contribution in [0.3, 0.4) is 0 Å². The zero-order valence-electron chi connectivity index (χ0n) is 9.28. The Bertz CT molecular complexity index is 209. The number of hydrogen-bond acceptors (Lipinski definition) is 4. The number of likely N-dealkylation sites (N-methyl/N-ethyl adjacent to an activating group) is 1. The normalized spacial score (nSPS) is 10.0. The summed E-state index contributed by atoms with van der Waals surface area (Å²) in [5.74, 6) is -0.454. The van der Waals surface area contributed by atoms with Crippen LogP contribution < -0.4 is 11.1 Å². The lowest BCUT2D eigenvalue weighted by molar-refractivity contribution is -0.129. The summed E-state index contributed by atoms with van der Waals surface area (Å²) in [6.45, 7) is 3.70. The van der Waals surface area contributed by atoms with Crippen LogP contribution in [0, 0.1) is 0 Å². The first-order chi connectivity index (χ1) is 7.07. The van der Waals surface area contributed by atoms with Gasteiger partial charge in [0.1, 0.15) is 6.61 Å². The number of nitrogens with zero attached hydrogens (tertiary/aromatic N) is 1. The average Bonchev–Trinajstić information content (AvgIpc) is 2.21. The maximum atomic E-state index is 11.3. The van der Waals surface area contributed by atoms with E-state index in [0.29, 0.717) is 19.7 Å². The molecule has 0 saturated carbocycles. The molecule has 0 heterocycles. The van der Waals surface area contributed by atoms with Crippen molar-refractivity contribution in [1.29, 1.82) is 0 Å². The summed E-state index contributed by atoms with van der Waals surface area (Å²) in [6.07, 6.45) is 0. The van der Waals surface area contributed by atoms with Crippen molar-refractivity contribution in [3.05, 3.63) is 0 Å². The molecule has 0 atom stereocenters. The molecule has 0 aromatic rings. The van der Waals surface area contributed by atoms with E-state index < -0.39 is 5.91 Å². The van der Waals surface area contributed by atoms with Gasteiger partial charge in [0.05, 0.1) is 13.2 Å². The van der Waals surface area contributed by atoms with Gasteiger partial charge in [0, 0.05) is 20.1 Å². The Morgan fingerprint density at radius 1 is 1.47 bits per heavy atom. The van der Waals surface area contributed by atoms with Gasteiger partial charge in [-0.3, -0.25) is 9.59 Å². The van der Waals surface area contributed by atoms with Gasteiger partial charge in [-0.15, -0.1) is 0 Å². The summed E-state index contributed by atoms with van der Waals surface area (Å²) >= 11 is 0. The first-order valence-corrected chi connectivity index (χ1v) is 4.88. The number of ether oxygens (including phenoxy) is 1. The Morgan fingerprint density at radius 2 is 2.13 bits per heavy atom. The molecule has 0 rings (SSSR count). The van der Waals surface area contributed by atoms with Crippen LogP contribution in [0.4, 0.5) is 0 Å². The largest absolute Gasteiger partial charge is 0.370 e. The van der Waals surface area contributed by atoms with Crippen molar-refractivity contribution in [2.75, 3.05) is 39.9 Å². The third-order valence-electron chi connectivity index (χ3n) is 1.84. The Labute approximate surface area is 89.7 Å². The predicted octanol–water partition coefficient (Wildman–Crippen LogP) is -1.44. The van der Waals surface area contributed by atoms with Crippen LogP contribution >= 0.6 is 0 Å². The molecule has 88 valence electrons. The fourth-order valence-electron chi connectivity index (χ4n) is 0.824. The number of carbonyl (C=O) groups is 2. The highest BCUT2D eigenvalue weighted by atomic mass is 16.5. The lowest BCUT2D eigenvalue weighted by atomic mass is 10.5. The summed E-state index contributed by atoms with van der Waals surface area (Å²) in [6, 6.07) is 0. The zero-order valence-corrected chi connectivity index (χ0v) is 9.28. The van der Waals surface area contributed by atoms with E-state index in [4.69, 9.17) is 10.5 Å². The van der Waals surface area contributed by atoms with E-state index in [-0.39, 0.29) is 19.1 Å². The van der Waals surface area contributed by atoms with Crippen LogP contribution in [-0.2, 0) is 14.3 Å². The molecule has 3 N–H and O–H groups in total. The van der Waals surface area contributed by atoms with Crippen molar-refractivity contribution in [3.63, 3.8) is 0 Å². The molecule has 0 aromatic heterocycles. The number of primary amides is 1. The molecule has 0 spiro atoms. The van der Waals surface area contributed by atoms with Gasteiger partial charge in [-0.05, 0) is 6.92 Å². The zero-order chi connectivity index (χ0) is 11.7. The molecule has 0 aliphatic carbocycles. The van der Waals surface area contributed by atoms with Gasteiger partial charge < -0.3 is 20.7 Å². The predicted molar refractivity (Wildman–Crippen MR) is 56.2 cm³/mol. The van der Waals surface area contributed by atoms with E-state index >= 15 is 0 Å². The lowest BCUT2D eigenvalue weighted by Gasteiger charge is -2.14. The number of nitrogens with one attached hydrogen (secondary N) is 1. The van der Waals surface area contributed by atoms with Crippen LogP contribution in [-0.4, -0.2) is 56.6 Å². The van der Waals surface area contributed by atoms with Crippen LogP contribution in [0.1, 0.15) is 6.92 Å².